The minimum Gasteiger partial charge on any atom is -0.483 e. The zero-order valence-electron chi connectivity index (χ0n) is 33.0. The molecular formula is C44H56O12. The van der Waals surface area contributed by atoms with Gasteiger partial charge in [-0.15, -0.1) is 0 Å². The molecule has 12 heteroatoms. The van der Waals surface area contributed by atoms with E-state index in [1.54, 1.807) is 6.92 Å². The third kappa shape index (κ3) is 3.24. The molecule has 0 unspecified atom stereocenters. The molecule has 8 aliphatic carbocycles. The molecule has 6 N–H and O–H groups in total. The highest BCUT2D eigenvalue weighted by Crippen LogP contribution is 2.81. The first-order valence-corrected chi connectivity index (χ1v) is 20.9. The Morgan fingerprint density at radius 2 is 1.39 bits per heavy atom. The van der Waals surface area contributed by atoms with Gasteiger partial charge in [0.15, 0.2) is 23.0 Å². The average molecular weight is 777 g/mol. The maximum Gasteiger partial charge on any atom is 0.208 e. The van der Waals surface area contributed by atoms with Crippen LogP contribution in [0.1, 0.15) is 92.4 Å². The van der Waals surface area contributed by atoms with E-state index < -0.39 is 121 Å². The van der Waals surface area contributed by atoms with Crippen LogP contribution < -0.4 is 0 Å². The van der Waals surface area contributed by atoms with Crippen molar-refractivity contribution in [3.8, 4) is 0 Å². The number of fused-ring (bicyclic) bond motifs is 4. The summed E-state index contributed by atoms with van der Waals surface area (Å²) in [6.45, 7) is 17.8. The van der Waals surface area contributed by atoms with Crippen molar-refractivity contribution in [1.29, 1.82) is 0 Å². The predicted octanol–water partition coefficient (Wildman–Crippen LogP) is 2.41. The van der Waals surface area contributed by atoms with Gasteiger partial charge in [0.25, 0.3) is 0 Å². The number of carbonyl (C=O) groups is 3. The SMILES string of the molecule is C=C1C(=O)C[C@]23[C@H](O)[C@H]1CC[C@H]2[C@]12C(=O)[C@@]4(CCC5=C(O4)[C@]46CO[C@](O)([C@@H](O)[C@@H]4C(C)(C)C5)[C@]45C(=O)C(=C)[C@H](CC[C@@H]64)[C@H]5O)CC(C)(C)[C@H]1[C@H](O)[C@@]3(O)O[C@H]2C. The molecule has 12 nitrogen and oxygen atoms in total. The van der Waals surface area contributed by atoms with E-state index in [1.165, 1.54) is 0 Å². The van der Waals surface area contributed by atoms with Crippen molar-refractivity contribution >= 4 is 17.3 Å². The third-order valence-corrected chi connectivity index (χ3v) is 19.1. The summed E-state index contributed by atoms with van der Waals surface area (Å²) in [5.41, 5.74) is -7.72. The van der Waals surface area contributed by atoms with Crippen LogP contribution >= 0.6 is 0 Å². The number of hydrogen-bond donors (Lipinski definition) is 6. The minimum atomic E-state index is -2.37. The quantitative estimate of drug-likeness (QED) is 0.197. The molecule has 13 rings (SSSR count). The highest BCUT2D eigenvalue weighted by Gasteiger charge is 2.90. The van der Waals surface area contributed by atoms with E-state index in [2.05, 4.69) is 27.0 Å². The monoisotopic (exact) mass is 776 g/mol. The number of aliphatic hydroxyl groups is 6. The molecule has 5 spiro atoms. The van der Waals surface area contributed by atoms with Crippen LogP contribution in [0.4, 0.5) is 0 Å². The molecule has 13 aliphatic rings. The van der Waals surface area contributed by atoms with Gasteiger partial charge in [0, 0.05) is 30.1 Å². The van der Waals surface area contributed by atoms with E-state index in [4.69, 9.17) is 14.2 Å². The Morgan fingerprint density at radius 3 is 2.09 bits per heavy atom. The summed E-state index contributed by atoms with van der Waals surface area (Å²) >= 11 is 0. The summed E-state index contributed by atoms with van der Waals surface area (Å²) in [7, 11) is 0. The number of hydrogen-bond acceptors (Lipinski definition) is 12. The number of Topliss-reactive ketones (excluding diaryl/α,β-unsaturated/α-hetero) is 3. The summed E-state index contributed by atoms with van der Waals surface area (Å²) in [5, 5.41) is 74.4. The number of carbonyl (C=O) groups excluding carboxylic acids is 3. The Hall–Kier alpha value is -2.29. The molecule has 7 saturated carbocycles. The fraction of sp³-hybridized carbons (Fsp3) is 0.795. The zero-order valence-corrected chi connectivity index (χ0v) is 33.0. The normalized spacial score (nSPS) is 59.3. The van der Waals surface area contributed by atoms with Crippen LogP contribution in [0.15, 0.2) is 35.6 Å². The molecule has 8 bridgehead atoms. The Morgan fingerprint density at radius 1 is 0.750 bits per heavy atom. The average Bonchev–Trinajstić information content (AvgIpc) is 3.21. The largest absolute Gasteiger partial charge is 0.483 e. The number of allylic oxidation sites excluding steroid dienone is 1. The van der Waals surface area contributed by atoms with E-state index in [0.717, 1.165) is 5.57 Å². The van der Waals surface area contributed by atoms with Gasteiger partial charge in [-0.3, -0.25) is 14.4 Å². The third-order valence-electron chi connectivity index (χ3n) is 19.1. The molecule has 56 heavy (non-hydrogen) atoms. The van der Waals surface area contributed by atoms with Gasteiger partial charge in [-0.1, -0.05) is 40.9 Å². The number of ketones is 3. The van der Waals surface area contributed by atoms with Gasteiger partial charge < -0.3 is 44.8 Å². The summed E-state index contributed by atoms with van der Waals surface area (Å²) in [4.78, 5) is 44.5. The maximum atomic E-state index is 16.3. The lowest BCUT2D eigenvalue weighted by Gasteiger charge is -2.79. The molecule has 5 aliphatic heterocycles. The lowest BCUT2D eigenvalue weighted by Crippen LogP contribution is -2.89. The molecule has 0 amide bonds. The standard InChI is InChI=1S/C44H56O12/c1-18-22-9-11-26-40(30(22)47,15-24(18)45)43(52)33(50)28-37(6,7)16-38(35(51)41(26,28)20(3)55-43)13-12-21-14-36(4,5)27-32(49)44(53)42-25(39(27,17-54-44)34(21)56-38)10-8-23(31(42)48)19(2)29(42)46/h20,22-23,25-28,30-33,47-50,52-53H,1-2,8-17H2,3-7H3/t20-,22-,23-,25-,26+,27+,28+,30+,31+,32-,33-,38+,39-,40+,41-,42-,43+,44+/m0/s1. The fourth-order valence-electron chi connectivity index (χ4n) is 17.7. The highest BCUT2D eigenvalue weighted by molar-refractivity contribution is 6.05. The van der Waals surface area contributed by atoms with Crippen molar-refractivity contribution in [2.75, 3.05) is 6.61 Å². The Balaban J connectivity index is 1.11. The van der Waals surface area contributed by atoms with Crippen LogP contribution in [-0.4, -0.2) is 102 Å². The maximum absolute atomic E-state index is 16.3. The van der Waals surface area contributed by atoms with E-state index in [1.807, 2.05) is 13.8 Å². The van der Waals surface area contributed by atoms with Gasteiger partial charge in [0.05, 0.1) is 41.2 Å². The zero-order chi connectivity index (χ0) is 40.1. The Kier molecular flexibility index (Phi) is 6.57. The van der Waals surface area contributed by atoms with Gasteiger partial charge in [-0.05, 0) is 97.7 Å². The highest BCUT2D eigenvalue weighted by atomic mass is 16.7. The van der Waals surface area contributed by atoms with Gasteiger partial charge in [-0.25, -0.2) is 0 Å². The second-order valence-corrected chi connectivity index (χ2v) is 21.7. The molecule has 5 heterocycles. The first kappa shape index (κ1) is 36.8. The lowest BCUT2D eigenvalue weighted by atomic mass is 9.30. The smallest absolute Gasteiger partial charge is 0.208 e. The Labute approximate surface area is 326 Å². The summed E-state index contributed by atoms with van der Waals surface area (Å²) in [5.74, 6) is -9.41. The van der Waals surface area contributed by atoms with Crippen LogP contribution in [0.3, 0.4) is 0 Å². The van der Waals surface area contributed by atoms with Gasteiger partial charge in [-0.2, -0.15) is 0 Å². The molecule has 4 saturated heterocycles. The molecule has 0 radical (unpaired) electrons. The molecule has 0 aromatic carbocycles. The first-order valence-electron chi connectivity index (χ1n) is 20.9. The van der Waals surface area contributed by atoms with Crippen LogP contribution in [0, 0.1) is 68.0 Å². The molecular weight excluding hydrogens is 720 g/mol. The topological polar surface area (TPSA) is 200 Å². The first-order chi connectivity index (χ1) is 26.0. The van der Waals surface area contributed by atoms with E-state index in [-0.39, 0.29) is 42.2 Å². The van der Waals surface area contributed by atoms with Crippen molar-refractivity contribution in [1.82, 2.24) is 0 Å². The summed E-state index contributed by atoms with van der Waals surface area (Å²) in [6.07, 6.45) is -3.92. The van der Waals surface area contributed by atoms with Gasteiger partial charge in [0.2, 0.25) is 11.6 Å². The van der Waals surface area contributed by atoms with Crippen LogP contribution in [0.5, 0.6) is 0 Å². The van der Waals surface area contributed by atoms with Crippen LogP contribution in [-0.2, 0) is 28.6 Å². The second-order valence-electron chi connectivity index (χ2n) is 21.7. The fourth-order valence-corrected chi connectivity index (χ4v) is 17.7. The van der Waals surface area contributed by atoms with E-state index >= 15 is 4.79 Å². The van der Waals surface area contributed by atoms with Crippen molar-refractivity contribution in [3.05, 3.63) is 35.6 Å². The van der Waals surface area contributed by atoms with E-state index in [0.29, 0.717) is 50.7 Å². The number of ether oxygens (including phenoxy) is 3. The Bertz CT molecular complexity index is 2020. The molecule has 18 atom stereocenters. The molecule has 11 fully saturated rings. The molecule has 0 aromatic heterocycles. The lowest BCUT2D eigenvalue weighted by molar-refractivity contribution is -0.475. The predicted molar refractivity (Wildman–Crippen MR) is 194 cm³/mol. The van der Waals surface area contributed by atoms with Crippen molar-refractivity contribution in [2.45, 2.75) is 140 Å². The van der Waals surface area contributed by atoms with Crippen molar-refractivity contribution < 1.29 is 59.2 Å². The summed E-state index contributed by atoms with van der Waals surface area (Å²) in [6, 6.07) is 0. The van der Waals surface area contributed by atoms with E-state index in [9.17, 15) is 40.2 Å². The van der Waals surface area contributed by atoms with Crippen molar-refractivity contribution in [3.63, 3.8) is 0 Å². The van der Waals surface area contributed by atoms with Crippen molar-refractivity contribution in [2.24, 2.45) is 68.0 Å². The van der Waals surface area contributed by atoms with Gasteiger partial charge in [0.1, 0.15) is 23.4 Å². The number of aliphatic hydroxyl groups excluding tert-OH is 4. The van der Waals surface area contributed by atoms with Crippen LogP contribution in [0.25, 0.3) is 0 Å². The minimum absolute atomic E-state index is 0.0882. The second kappa shape index (κ2) is 10.0. The number of rotatable bonds is 0. The van der Waals surface area contributed by atoms with Crippen LogP contribution in [0.2, 0.25) is 0 Å². The van der Waals surface area contributed by atoms with Gasteiger partial charge >= 0.3 is 0 Å². The summed E-state index contributed by atoms with van der Waals surface area (Å²) < 4.78 is 20.4. The molecule has 304 valence electrons. The molecule has 0 aromatic rings.